The number of Topliss-reactive ketones (excluding diaryl/α,β-unsaturated/α-hetero) is 1. The van der Waals surface area contributed by atoms with Crippen LogP contribution in [0.1, 0.15) is 30.4 Å². The van der Waals surface area contributed by atoms with E-state index < -0.39 is 11.7 Å². The maximum Gasteiger partial charge on any atom is 0.416 e. The smallest absolute Gasteiger partial charge is 0.298 e. The summed E-state index contributed by atoms with van der Waals surface area (Å²) in [6.07, 6.45) is -0.979. The fraction of sp³-hybridized carbons (Fsp3) is 0.500. The average molecular weight is 288 g/mol. The zero-order chi connectivity index (χ0) is 13.9. The molecule has 1 nitrogen and oxygen atoms in total. The minimum atomic E-state index is -4.32. The molecule has 5 heteroatoms. The molecule has 1 saturated heterocycles. The number of alkyl halides is 3. The molecule has 0 radical (unpaired) electrons. The van der Waals surface area contributed by atoms with Crippen molar-refractivity contribution in [2.75, 3.05) is 5.75 Å². The van der Waals surface area contributed by atoms with Crippen molar-refractivity contribution in [1.29, 1.82) is 0 Å². The fourth-order valence-electron chi connectivity index (χ4n) is 2.12. The molecule has 0 aromatic heterocycles. The van der Waals surface area contributed by atoms with Gasteiger partial charge >= 0.3 is 6.18 Å². The molecule has 1 atom stereocenters. The number of hydrogen-bond donors (Lipinski definition) is 0. The van der Waals surface area contributed by atoms with Crippen LogP contribution in [0.2, 0.25) is 0 Å². The van der Waals surface area contributed by atoms with E-state index in [2.05, 4.69) is 0 Å². The first kappa shape index (κ1) is 14.4. The molecule has 2 rings (SSSR count). The highest BCUT2D eigenvalue weighted by molar-refractivity contribution is 8.00. The summed E-state index contributed by atoms with van der Waals surface area (Å²) < 4.78 is 37.2. The third kappa shape index (κ3) is 4.00. The Kier molecular flexibility index (Phi) is 4.55. The first-order valence-electron chi connectivity index (χ1n) is 6.27. The highest BCUT2D eigenvalue weighted by Crippen LogP contribution is 2.30. The van der Waals surface area contributed by atoms with Crippen molar-refractivity contribution in [2.45, 2.75) is 37.1 Å². The van der Waals surface area contributed by atoms with E-state index in [1.54, 1.807) is 11.8 Å². The van der Waals surface area contributed by atoms with Gasteiger partial charge in [0.1, 0.15) is 5.78 Å². The predicted octanol–water partition coefficient (Wildman–Crippen LogP) is 4.10. The van der Waals surface area contributed by atoms with Crippen molar-refractivity contribution in [3.8, 4) is 0 Å². The Bertz CT molecular complexity index is 433. The minimum absolute atomic E-state index is 0.0241. The standard InChI is InChI=1S/C14H15F3OS/c15-14(16,17)11-6-4-10(5-7-11)9-12(18)13-3-1-2-8-19-13/h4-7,13H,1-3,8-9H2. The topological polar surface area (TPSA) is 17.1 Å². The van der Waals surface area contributed by atoms with E-state index in [4.69, 9.17) is 0 Å². The molecule has 1 aliphatic rings. The van der Waals surface area contributed by atoms with Gasteiger partial charge in [0.25, 0.3) is 0 Å². The van der Waals surface area contributed by atoms with Crippen LogP contribution in [-0.2, 0) is 17.4 Å². The van der Waals surface area contributed by atoms with Crippen LogP contribution in [0.4, 0.5) is 13.2 Å². The van der Waals surface area contributed by atoms with Gasteiger partial charge in [-0.3, -0.25) is 4.79 Å². The van der Waals surface area contributed by atoms with Crippen LogP contribution in [0.5, 0.6) is 0 Å². The lowest BCUT2D eigenvalue weighted by atomic mass is 10.0. The first-order chi connectivity index (χ1) is 8.97. The van der Waals surface area contributed by atoms with Crippen LogP contribution in [-0.4, -0.2) is 16.8 Å². The lowest BCUT2D eigenvalue weighted by Gasteiger charge is -2.19. The van der Waals surface area contributed by atoms with Gasteiger partial charge in [0.15, 0.2) is 0 Å². The Morgan fingerprint density at radius 1 is 1.21 bits per heavy atom. The Balaban J connectivity index is 1.97. The number of ketones is 1. The van der Waals surface area contributed by atoms with Gasteiger partial charge in [-0.25, -0.2) is 0 Å². The molecular formula is C14H15F3OS. The molecule has 0 saturated carbocycles. The molecule has 0 aliphatic carbocycles. The minimum Gasteiger partial charge on any atom is -0.298 e. The van der Waals surface area contributed by atoms with Crippen molar-refractivity contribution < 1.29 is 18.0 Å². The zero-order valence-corrected chi connectivity index (χ0v) is 11.2. The molecule has 19 heavy (non-hydrogen) atoms. The van der Waals surface area contributed by atoms with E-state index in [1.807, 2.05) is 0 Å². The molecule has 0 amide bonds. The monoisotopic (exact) mass is 288 g/mol. The fourth-order valence-corrected chi connectivity index (χ4v) is 3.38. The van der Waals surface area contributed by atoms with E-state index in [-0.39, 0.29) is 17.5 Å². The SMILES string of the molecule is O=C(Cc1ccc(C(F)(F)F)cc1)C1CCCCS1. The quantitative estimate of drug-likeness (QED) is 0.833. The second-order valence-electron chi connectivity index (χ2n) is 4.69. The van der Waals surface area contributed by atoms with Crippen molar-refractivity contribution in [2.24, 2.45) is 0 Å². The molecule has 1 unspecified atom stereocenters. The lowest BCUT2D eigenvalue weighted by molar-refractivity contribution is -0.137. The summed E-state index contributed by atoms with van der Waals surface area (Å²) >= 11 is 1.67. The molecule has 1 aromatic carbocycles. The number of thioether (sulfide) groups is 1. The summed E-state index contributed by atoms with van der Waals surface area (Å²) in [6.45, 7) is 0. The average Bonchev–Trinajstić information content (AvgIpc) is 2.39. The van der Waals surface area contributed by atoms with Gasteiger partial charge in [-0.1, -0.05) is 18.6 Å². The van der Waals surface area contributed by atoms with E-state index in [1.165, 1.54) is 12.1 Å². The number of hydrogen-bond acceptors (Lipinski definition) is 2. The Morgan fingerprint density at radius 2 is 1.89 bits per heavy atom. The summed E-state index contributed by atoms with van der Waals surface area (Å²) in [5.41, 5.74) is -0.0140. The van der Waals surface area contributed by atoms with E-state index in [0.29, 0.717) is 5.56 Å². The van der Waals surface area contributed by atoms with E-state index in [0.717, 1.165) is 37.1 Å². The summed E-state index contributed by atoms with van der Waals surface area (Å²) in [5.74, 6) is 1.13. The number of rotatable bonds is 3. The van der Waals surface area contributed by atoms with Gasteiger partial charge in [-0.2, -0.15) is 24.9 Å². The zero-order valence-electron chi connectivity index (χ0n) is 10.4. The lowest BCUT2D eigenvalue weighted by Crippen LogP contribution is -2.22. The maximum atomic E-state index is 12.4. The molecule has 1 aliphatic heterocycles. The summed E-state index contributed by atoms with van der Waals surface area (Å²) in [4.78, 5) is 12.0. The summed E-state index contributed by atoms with van der Waals surface area (Å²) in [7, 11) is 0. The molecule has 0 bridgehead atoms. The molecule has 104 valence electrons. The van der Waals surface area contributed by atoms with Gasteiger partial charge in [-0.05, 0) is 36.3 Å². The number of halogens is 3. The van der Waals surface area contributed by atoms with Crippen LogP contribution in [0.3, 0.4) is 0 Å². The first-order valence-corrected chi connectivity index (χ1v) is 7.32. The van der Waals surface area contributed by atoms with Crippen LogP contribution in [0.15, 0.2) is 24.3 Å². The van der Waals surface area contributed by atoms with E-state index in [9.17, 15) is 18.0 Å². The number of carbonyl (C=O) groups is 1. The Hall–Kier alpha value is -0.970. The molecular weight excluding hydrogens is 273 g/mol. The molecule has 1 aromatic rings. The van der Waals surface area contributed by atoms with Gasteiger partial charge in [0.2, 0.25) is 0 Å². The van der Waals surface area contributed by atoms with E-state index >= 15 is 0 Å². The van der Waals surface area contributed by atoms with Gasteiger partial charge in [0, 0.05) is 6.42 Å². The normalized spacial score (nSPS) is 20.3. The van der Waals surface area contributed by atoms with Crippen molar-refractivity contribution >= 4 is 17.5 Å². The van der Waals surface area contributed by atoms with Gasteiger partial charge in [-0.15, -0.1) is 0 Å². The maximum absolute atomic E-state index is 12.4. The van der Waals surface area contributed by atoms with Crippen LogP contribution in [0.25, 0.3) is 0 Å². The van der Waals surface area contributed by atoms with Gasteiger partial charge in [0.05, 0.1) is 10.8 Å². The summed E-state index contributed by atoms with van der Waals surface area (Å²) in [5, 5.41) is 0.0241. The third-order valence-corrected chi connectivity index (χ3v) is 4.62. The van der Waals surface area contributed by atoms with Crippen LogP contribution < -0.4 is 0 Å². The number of carbonyl (C=O) groups excluding carboxylic acids is 1. The number of benzene rings is 1. The Labute approximate surface area is 114 Å². The molecule has 0 spiro atoms. The highest BCUT2D eigenvalue weighted by Gasteiger charge is 2.30. The van der Waals surface area contributed by atoms with Crippen LogP contribution in [0, 0.1) is 0 Å². The Morgan fingerprint density at radius 3 is 2.42 bits per heavy atom. The van der Waals surface area contributed by atoms with Crippen molar-refractivity contribution in [3.05, 3.63) is 35.4 Å². The molecule has 1 fully saturated rings. The molecule has 1 heterocycles. The molecule has 0 N–H and O–H groups in total. The largest absolute Gasteiger partial charge is 0.416 e. The van der Waals surface area contributed by atoms with Crippen molar-refractivity contribution in [1.82, 2.24) is 0 Å². The summed E-state index contributed by atoms with van der Waals surface area (Å²) in [6, 6.07) is 4.87. The third-order valence-electron chi connectivity index (χ3n) is 3.20. The highest BCUT2D eigenvalue weighted by atomic mass is 32.2. The second-order valence-corrected chi connectivity index (χ2v) is 6.00. The predicted molar refractivity (Wildman–Crippen MR) is 70.3 cm³/mol. The second kappa shape index (κ2) is 5.99. The van der Waals surface area contributed by atoms with Gasteiger partial charge < -0.3 is 0 Å². The van der Waals surface area contributed by atoms with Crippen molar-refractivity contribution in [3.63, 3.8) is 0 Å². The van der Waals surface area contributed by atoms with Crippen LogP contribution >= 0.6 is 11.8 Å².